The van der Waals surface area contributed by atoms with Crippen molar-refractivity contribution in [3.63, 3.8) is 0 Å². The zero-order valence-corrected chi connectivity index (χ0v) is 11.9. The Labute approximate surface area is 106 Å². The quantitative estimate of drug-likeness (QED) is 0.639. The van der Waals surface area contributed by atoms with E-state index in [1.165, 1.54) is 0 Å². The molecule has 0 radical (unpaired) electrons. The Morgan fingerprint density at radius 2 is 1.71 bits per heavy atom. The summed E-state index contributed by atoms with van der Waals surface area (Å²) in [4.78, 5) is 11.6. The third-order valence-electron chi connectivity index (χ3n) is 3.19. The van der Waals surface area contributed by atoms with Gasteiger partial charge in [0.25, 0.3) is 0 Å². The Kier molecular flexibility index (Phi) is 7.88. The number of carbonyl (C=O) groups excluding carboxylic acids is 1. The minimum Gasteiger partial charge on any atom is -0.351 e. The lowest BCUT2D eigenvalue weighted by molar-refractivity contribution is -0.122. The summed E-state index contributed by atoms with van der Waals surface area (Å²) in [5.41, 5.74) is 0. The largest absolute Gasteiger partial charge is 0.351 e. The summed E-state index contributed by atoms with van der Waals surface area (Å²) in [5, 5.41) is 6.10. The van der Waals surface area contributed by atoms with Gasteiger partial charge in [-0.3, -0.25) is 4.79 Å². The van der Waals surface area contributed by atoms with Gasteiger partial charge in [-0.2, -0.15) is 0 Å². The Morgan fingerprint density at radius 1 is 1.18 bits per heavy atom. The minimum atomic E-state index is -0.144. The highest BCUT2D eigenvalue weighted by Gasteiger charge is 2.19. The molecule has 17 heavy (non-hydrogen) atoms. The molecular weight excluding hydrogens is 212 g/mol. The second-order valence-electron chi connectivity index (χ2n) is 5.32. The average Bonchev–Trinajstić information content (AvgIpc) is 2.24. The van der Waals surface area contributed by atoms with E-state index in [-0.39, 0.29) is 11.9 Å². The molecule has 0 heterocycles. The van der Waals surface area contributed by atoms with E-state index in [0.29, 0.717) is 24.3 Å². The summed E-state index contributed by atoms with van der Waals surface area (Å²) < 4.78 is 0. The summed E-state index contributed by atoms with van der Waals surface area (Å²) in [6.45, 7) is 15.8. The second-order valence-corrected chi connectivity index (χ2v) is 5.32. The molecule has 0 bridgehead atoms. The maximum absolute atomic E-state index is 11.6. The van der Waals surface area contributed by atoms with Gasteiger partial charge in [-0.05, 0) is 31.2 Å². The Balaban J connectivity index is 4.07. The molecule has 0 fully saturated rings. The first kappa shape index (κ1) is 16.2. The van der Waals surface area contributed by atoms with Crippen LogP contribution in [0.3, 0.4) is 0 Å². The van der Waals surface area contributed by atoms with Crippen molar-refractivity contribution in [3.05, 3.63) is 12.7 Å². The molecule has 0 spiro atoms. The van der Waals surface area contributed by atoms with E-state index in [0.717, 1.165) is 6.54 Å². The molecule has 1 unspecified atom stereocenters. The zero-order valence-electron chi connectivity index (χ0n) is 11.9. The minimum absolute atomic E-state index is 0.0381. The summed E-state index contributed by atoms with van der Waals surface area (Å²) in [7, 11) is 0. The number of rotatable bonds is 8. The molecule has 0 rings (SSSR count). The van der Waals surface area contributed by atoms with Crippen LogP contribution in [0, 0.1) is 17.8 Å². The van der Waals surface area contributed by atoms with Crippen LogP contribution in [0.25, 0.3) is 0 Å². The van der Waals surface area contributed by atoms with Crippen LogP contribution in [-0.2, 0) is 4.79 Å². The third-order valence-corrected chi connectivity index (χ3v) is 3.19. The van der Waals surface area contributed by atoms with Gasteiger partial charge in [0.05, 0.1) is 6.04 Å². The number of hydrogen-bond donors (Lipinski definition) is 2. The van der Waals surface area contributed by atoms with Crippen molar-refractivity contribution in [1.29, 1.82) is 0 Å². The van der Waals surface area contributed by atoms with Crippen LogP contribution in [0.2, 0.25) is 0 Å². The predicted molar refractivity (Wildman–Crippen MR) is 73.8 cm³/mol. The number of carbonyl (C=O) groups is 1. The van der Waals surface area contributed by atoms with E-state index in [1.54, 1.807) is 6.08 Å². The Bertz CT molecular complexity index is 228. The summed E-state index contributed by atoms with van der Waals surface area (Å²) in [5.74, 6) is 1.90. The van der Waals surface area contributed by atoms with Crippen LogP contribution in [0.1, 0.15) is 34.6 Å². The van der Waals surface area contributed by atoms with Gasteiger partial charge in [0.2, 0.25) is 5.91 Å². The molecule has 1 amide bonds. The highest BCUT2D eigenvalue weighted by molar-refractivity contribution is 5.81. The highest BCUT2D eigenvalue weighted by atomic mass is 16.2. The van der Waals surface area contributed by atoms with Gasteiger partial charge in [-0.25, -0.2) is 0 Å². The summed E-state index contributed by atoms with van der Waals surface area (Å²) >= 11 is 0. The Morgan fingerprint density at radius 3 is 2.12 bits per heavy atom. The fourth-order valence-corrected chi connectivity index (χ4v) is 1.97. The maximum atomic E-state index is 11.6. The predicted octanol–water partition coefficient (Wildman–Crippen LogP) is 2.19. The highest BCUT2D eigenvalue weighted by Crippen LogP contribution is 2.19. The van der Waals surface area contributed by atoms with Crippen LogP contribution >= 0.6 is 0 Å². The summed E-state index contributed by atoms with van der Waals surface area (Å²) in [6, 6.07) is -0.144. The molecule has 0 saturated carbocycles. The molecule has 0 aliphatic rings. The number of nitrogens with one attached hydrogen (secondary N) is 2. The molecule has 2 N–H and O–H groups in total. The fourth-order valence-electron chi connectivity index (χ4n) is 1.97. The molecule has 0 aliphatic carbocycles. The van der Waals surface area contributed by atoms with E-state index in [9.17, 15) is 4.79 Å². The average molecular weight is 240 g/mol. The molecule has 1 atom stereocenters. The van der Waals surface area contributed by atoms with Gasteiger partial charge in [0.1, 0.15) is 0 Å². The molecule has 100 valence electrons. The van der Waals surface area contributed by atoms with E-state index in [1.807, 2.05) is 6.92 Å². The zero-order chi connectivity index (χ0) is 13.4. The standard InChI is InChI=1S/C14H28N2O/c1-7-8-15-14(17)12(6)16-9-13(10(2)3)11(4)5/h7,10-13,16H,1,8-9H2,2-6H3,(H,15,17). The van der Waals surface area contributed by atoms with E-state index >= 15 is 0 Å². The SMILES string of the molecule is C=CCNC(=O)C(C)NCC(C(C)C)C(C)C. The van der Waals surface area contributed by atoms with E-state index < -0.39 is 0 Å². The van der Waals surface area contributed by atoms with Gasteiger partial charge in [0, 0.05) is 6.54 Å². The molecule has 0 aliphatic heterocycles. The molecule has 0 aromatic rings. The fraction of sp³-hybridized carbons (Fsp3) is 0.786. The van der Waals surface area contributed by atoms with Crippen molar-refractivity contribution in [2.75, 3.05) is 13.1 Å². The van der Waals surface area contributed by atoms with Gasteiger partial charge in [-0.1, -0.05) is 33.8 Å². The van der Waals surface area contributed by atoms with E-state index in [4.69, 9.17) is 0 Å². The van der Waals surface area contributed by atoms with Crippen molar-refractivity contribution in [1.82, 2.24) is 10.6 Å². The molecular formula is C14H28N2O. The molecule has 0 aromatic heterocycles. The number of hydrogen-bond acceptors (Lipinski definition) is 2. The first-order valence-electron chi connectivity index (χ1n) is 6.52. The van der Waals surface area contributed by atoms with Crippen molar-refractivity contribution in [2.45, 2.75) is 40.7 Å². The smallest absolute Gasteiger partial charge is 0.237 e. The topological polar surface area (TPSA) is 41.1 Å². The van der Waals surface area contributed by atoms with Crippen molar-refractivity contribution >= 4 is 5.91 Å². The lowest BCUT2D eigenvalue weighted by Gasteiger charge is -2.26. The van der Waals surface area contributed by atoms with Crippen LogP contribution in [0.15, 0.2) is 12.7 Å². The molecule has 3 heteroatoms. The lowest BCUT2D eigenvalue weighted by Crippen LogP contribution is -2.45. The van der Waals surface area contributed by atoms with Crippen LogP contribution in [-0.4, -0.2) is 25.0 Å². The molecule has 0 aromatic carbocycles. The van der Waals surface area contributed by atoms with Crippen LogP contribution in [0.5, 0.6) is 0 Å². The van der Waals surface area contributed by atoms with Crippen molar-refractivity contribution < 1.29 is 4.79 Å². The first-order chi connectivity index (χ1) is 7.90. The molecule has 0 saturated heterocycles. The first-order valence-corrected chi connectivity index (χ1v) is 6.52. The third kappa shape index (κ3) is 6.47. The van der Waals surface area contributed by atoms with Gasteiger partial charge < -0.3 is 10.6 Å². The normalized spacial score (nSPS) is 13.2. The second kappa shape index (κ2) is 8.29. The summed E-state index contributed by atoms with van der Waals surface area (Å²) in [6.07, 6.45) is 1.69. The van der Waals surface area contributed by atoms with Crippen molar-refractivity contribution in [2.24, 2.45) is 17.8 Å². The van der Waals surface area contributed by atoms with Gasteiger partial charge in [0.15, 0.2) is 0 Å². The number of amides is 1. The lowest BCUT2D eigenvalue weighted by atomic mass is 9.85. The van der Waals surface area contributed by atoms with Gasteiger partial charge in [-0.15, -0.1) is 6.58 Å². The van der Waals surface area contributed by atoms with Crippen molar-refractivity contribution in [3.8, 4) is 0 Å². The van der Waals surface area contributed by atoms with Gasteiger partial charge >= 0.3 is 0 Å². The maximum Gasteiger partial charge on any atom is 0.237 e. The van der Waals surface area contributed by atoms with Crippen LogP contribution in [0.4, 0.5) is 0 Å². The van der Waals surface area contributed by atoms with Crippen LogP contribution < -0.4 is 10.6 Å². The van der Waals surface area contributed by atoms with E-state index in [2.05, 4.69) is 44.9 Å². The Hall–Kier alpha value is -0.830. The molecule has 3 nitrogen and oxygen atoms in total. The monoisotopic (exact) mass is 240 g/mol.